The van der Waals surface area contributed by atoms with E-state index in [0.717, 1.165) is 10.8 Å². The van der Waals surface area contributed by atoms with Crippen LogP contribution in [-0.2, 0) is 0 Å². The van der Waals surface area contributed by atoms with Crippen molar-refractivity contribution in [3.05, 3.63) is 54.1 Å². The van der Waals surface area contributed by atoms with E-state index in [1.165, 1.54) is 5.56 Å². The van der Waals surface area contributed by atoms with Crippen LogP contribution in [0.2, 0.25) is 0 Å². The van der Waals surface area contributed by atoms with Gasteiger partial charge in [-0.2, -0.15) is 0 Å². The SMILES string of the molecule is CC(C)N1C(=S)NC(c2ccccn2)C1c1ccn(C(C)C)c1. The number of hydrogen-bond donors (Lipinski definition) is 1. The molecule has 0 radical (unpaired) electrons. The lowest BCUT2D eigenvalue weighted by molar-refractivity contribution is 0.269. The third kappa shape index (κ3) is 2.98. The van der Waals surface area contributed by atoms with Crippen molar-refractivity contribution in [3.8, 4) is 0 Å². The smallest absolute Gasteiger partial charge is 0.170 e. The van der Waals surface area contributed by atoms with Gasteiger partial charge < -0.3 is 14.8 Å². The molecule has 5 heteroatoms. The zero-order valence-electron chi connectivity index (χ0n) is 14.1. The second-order valence-electron chi connectivity index (χ2n) is 6.61. The van der Waals surface area contributed by atoms with Crippen molar-refractivity contribution >= 4 is 17.3 Å². The largest absolute Gasteiger partial charge is 0.352 e. The topological polar surface area (TPSA) is 33.1 Å². The fourth-order valence-corrected chi connectivity index (χ4v) is 3.66. The Kier molecular flexibility index (Phi) is 4.39. The van der Waals surface area contributed by atoms with E-state index in [2.05, 4.69) is 72.0 Å². The Labute approximate surface area is 143 Å². The van der Waals surface area contributed by atoms with Crippen LogP contribution in [0.3, 0.4) is 0 Å². The maximum atomic E-state index is 5.61. The van der Waals surface area contributed by atoms with Gasteiger partial charge in [-0.3, -0.25) is 4.98 Å². The number of pyridine rings is 1. The highest BCUT2D eigenvalue weighted by Gasteiger charge is 2.41. The predicted molar refractivity (Wildman–Crippen MR) is 97.2 cm³/mol. The van der Waals surface area contributed by atoms with Crippen LogP contribution in [0.5, 0.6) is 0 Å². The lowest BCUT2D eigenvalue weighted by atomic mass is 9.98. The molecule has 0 aromatic carbocycles. The van der Waals surface area contributed by atoms with Crippen LogP contribution in [0.1, 0.15) is 57.1 Å². The summed E-state index contributed by atoms with van der Waals surface area (Å²) in [5, 5.41) is 4.28. The summed E-state index contributed by atoms with van der Waals surface area (Å²) >= 11 is 5.61. The summed E-state index contributed by atoms with van der Waals surface area (Å²) < 4.78 is 2.24. The van der Waals surface area contributed by atoms with Crippen LogP contribution in [0, 0.1) is 0 Å². The number of rotatable bonds is 4. The highest BCUT2D eigenvalue weighted by molar-refractivity contribution is 7.80. The molecule has 122 valence electrons. The molecule has 0 bridgehead atoms. The Balaban J connectivity index is 2.03. The molecule has 1 N–H and O–H groups in total. The first-order valence-electron chi connectivity index (χ1n) is 8.16. The van der Waals surface area contributed by atoms with Crippen molar-refractivity contribution in [2.24, 2.45) is 0 Å². The molecule has 2 atom stereocenters. The zero-order valence-corrected chi connectivity index (χ0v) is 14.9. The molecule has 0 saturated carbocycles. The number of nitrogens with zero attached hydrogens (tertiary/aromatic N) is 3. The molecule has 0 spiro atoms. The minimum Gasteiger partial charge on any atom is -0.352 e. The molecule has 0 aliphatic carbocycles. The average Bonchev–Trinajstić information content (AvgIpc) is 3.12. The Bertz CT molecular complexity index is 677. The van der Waals surface area contributed by atoms with E-state index in [-0.39, 0.29) is 12.1 Å². The van der Waals surface area contributed by atoms with E-state index >= 15 is 0 Å². The Morgan fingerprint density at radius 3 is 2.48 bits per heavy atom. The summed E-state index contributed by atoms with van der Waals surface area (Å²) in [5.41, 5.74) is 2.30. The van der Waals surface area contributed by atoms with Crippen molar-refractivity contribution < 1.29 is 0 Å². The molecule has 0 amide bonds. The highest BCUT2D eigenvalue weighted by Crippen LogP contribution is 2.39. The third-order valence-electron chi connectivity index (χ3n) is 4.37. The first kappa shape index (κ1) is 16.0. The number of aromatic nitrogens is 2. The Hall–Kier alpha value is -1.88. The van der Waals surface area contributed by atoms with Crippen LogP contribution in [-0.4, -0.2) is 25.6 Å². The Morgan fingerprint density at radius 2 is 1.91 bits per heavy atom. The predicted octanol–water partition coefficient (Wildman–Crippen LogP) is 3.84. The van der Waals surface area contributed by atoms with Gasteiger partial charge in [0.25, 0.3) is 0 Å². The van der Waals surface area contributed by atoms with Crippen molar-refractivity contribution in [2.45, 2.75) is 51.9 Å². The minimum atomic E-state index is 0.0779. The van der Waals surface area contributed by atoms with Gasteiger partial charge in [-0.25, -0.2) is 0 Å². The summed E-state index contributed by atoms with van der Waals surface area (Å²) in [4.78, 5) is 6.84. The molecule has 2 unspecified atom stereocenters. The normalized spacial score (nSPS) is 21.3. The molecule has 1 aliphatic heterocycles. The van der Waals surface area contributed by atoms with Crippen molar-refractivity contribution in [3.63, 3.8) is 0 Å². The molecule has 4 nitrogen and oxygen atoms in total. The van der Waals surface area contributed by atoms with Gasteiger partial charge in [-0.1, -0.05) is 6.07 Å². The molecule has 23 heavy (non-hydrogen) atoms. The van der Waals surface area contributed by atoms with E-state index in [1.54, 1.807) is 0 Å². The molecule has 1 saturated heterocycles. The van der Waals surface area contributed by atoms with Crippen LogP contribution < -0.4 is 5.32 Å². The van der Waals surface area contributed by atoms with E-state index in [0.29, 0.717) is 12.1 Å². The maximum Gasteiger partial charge on any atom is 0.170 e. The zero-order chi connectivity index (χ0) is 16.6. The van der Waals surface area contributed by atoms with Crippen LogP contribution in [0.4, 0.5) is 0 Å². The summed E-state index contributed by atoms with van der Waals surface area (Å²) in [7, 11) is 0. The van der Waals surface area contributed by atoms with E-state index in [9.17, 15) is 0 Å². The van der Waals surface area contributed by atoms with Gasteiger partial charge in [0.1, 0.15) is 0 Å². The minimum absolute atomic E-state index is 0.0779. The lowest BCUT2D eigenvalue weighted by Gasteiger charge is -2.30. The Morgan fingerprint density at radius 1 is 1.13 bits per heavy atom. The molecular formula is C18H24N4S. The van der Waals surface area contributed by atoms with E-state index in [4.69, 9.17) is 12.2 Å². The molecule has 2 aromatic rings. The quantitative estimate of drug-likeness (QED) is 0.865. The average molecular weight is 328 g/mol. The first-order valence-corrected chi connectivity index (χ1v) is 8.57. The summed E-state index contributed by atoms with van der Waals surface area (Å²) in [6, 6.07) is 9.26. The molecule has 2 aromatic heterocycles. The monoisotopic (exact) mass is 328 g/mol. The van der Waals surface area contributed by atoms with Crippen molar-refractivity contribution in [1.29, 1.82) is 0 Å². The van der Waals surface area contributed by atoms with Crippen molar-refractivity contribution in [2.75, 3.05) is 0 Å². The molecular weight excluding hydrogens is 304 g/mol. The summed E-state index contributed by atoms with van der Waals surface area (Å²) in [5.74, 6) is 0. The molecule has 3 heterocycles. The van der Waals surface area contributed by atoms with Gasteiger partial charge in [0.15, 0.2) is 5.11 Å². The second kappa shape index (κ2) is 6.32. The highest BCUT2D eigenvalue weighted by atomic mass is 32.1. The first-order chi connectivity index (χ1) is 11.0. The summed E-state index contributed by atoms with van der Waals surface area (Å²) in [6.45, 7) is 8.75. The van der Waals surface area contributed by atoms with Gasteiger partial charge in [0.05, 0.1) is 17.8 Å². The maximum absolute atomic E-state index is 5.61. The fourth-order valence-electron chi connectivity index (χ4n) is 3.20. The van der Waals surface area contributed by atoms with Crippen LogP contribution >= 0.6 is 12.2 Å². The van der Waals surface area contributed by atoms with Gasteiger partial charge in [-0.15, -0.1) is 0 Å². The van der Waals surface area contributed by atoms with E-state index in [1.807, 2.05) is 18.3 Å². The van der Waals surface area contributed by atoms with Crippen LogP contribution in [0.15, 0.2) is 42.9 Å². The van der Waals surface area contributed by atoms with Crippen molar-refractivity contribution in [1.82, 2.24) is 19.8 Å². The van der Waals surface area contributed by atoms with Gasteiger partial charge in [0, 0.05) is 30.7 Å². The lowest BCUT2D eigenvalue weighted by Crippen LogP contribution is -2.35. The number of nitrogens with one attached hydrogen (secondary N) is 1. The van der Waals surface area contributed by atoms with Gasteiger partial charge in [-0.05, 0) is 63.7 Å². The van der Waals surface area contributed by atoms with Crippen LogP contribution in [0.25, 0.3) is 0 Å². The van der Waals surface area contributed by atoms with Gasteiger partial charge in [0.2, 0.25) is 0 Å². The molecule has 1 aliphatic rings. The van der Waals surface area contributed by atoms with E-state index < -0.39 is 0 Å². The fraction of sp³-hybridized carbons (Fsp3) is 0.444. The third-order valence-corrected chi connectivity index (χ3v) is 4.70. The molecule has 1 fully saturated rings. The number of thiocarbonyl (C=S) groups is 1. The standard InChI is InChI=1S/C18H24N4S/c1-12(2)21-10-8-14(11-21)17-16(15-7-5-6-9-19-15)20-18(23)22(17)13(3)4/h5-13,16-17H,1-4H3,(H,20,23). The summed E-state index contributed by atoms with van der Waals surface area (Å²) in [6.07, 6.45) is 6.22. The second-order valence-corrected chi connectivity index (χ2v) is 7.00. The molecule has 3 rings (SSSR count). The number of hydrogen-bond acceptors (Lipinski definition) is 2. The van der Waals surface area contributed by atoms with Gasteiger partial charge >= 0.3 is 0 Å².